The molecule has 29 heavy (non-hydrogen) atoms. The standard InChI is InChI=1S/C24H24FN3O/c1-18-16-21(25)22(26-17-18)24(29)28-14-12-27(13-15-28)23(19-8-4-2-5-9-19)20-10-6-3-7-11-20/h2-11,16-17,23H,12-15H2,1H3. The first-order valence-electron chi connectivity index (χ1n) is 9.89. The number of rotatable bonds is 4. The van der Waals surface area contributed by atoms with Crippen molar-refractivity contribution in [1.82, 2.24) is 14.8 Å². The predicted octanol–water partition coefficient (Wildman–Crippen LogP) is 4.08. The summed E-state index contributed by atoms with van der Waals surface area (Å²) in [5, 5.41) is 0. The van der Waals surface area contributed by atoms with E-state index in [9.17, 15) is 9.18 Å². The molecule has 148 valence electrons. The van der Waals surface area contributed by atoms with Gasteiger partial charge in [-0.1, -0.05) is 60.7 Å². The number of aryl methyl sites for hydroxylation is 1. The molecule has 0 atom stereocenters. The van der Waals surface area contributed by atoms with Gasteiger partial charge in [-0.15, -0.1) is 0 Å². The largest absolute Gasteiger partial charge is 0.335 e. The summed E-state index contributed by atoms with van der Waals surface area (Å²) in [6, 6.07) is 22.3. The molecule has 0 radical (unpaired) electrons. The molecule has 5 heteroatoms. The summed E-state index contributed by atoms with van der Waals surface area (Å²) in [6.07, 6.45) is 1.54. The summed E-state index contributed by atoms with van der Waals surface area (Å²) in [6.45, 7) is 4.28. The van der Waals surface area contributed by atoms with E-state index in [1.54, 1.807) is 11.8 Å². The van der Waals surface area contributed by atoms with E-state index in [-0.39, 0.29) is 17.6 Å². The highest BCUT2D eigenvalue weighted by molar-refractivity contribution is 5.92. The molecule has 0 spiro atoms. The lowest BCUT2D eigenvalue weighted by Crippen LogP contribution is -2.50. The Morgan fingerprint density at radius 1 is 0.931 bits per heavy atom. The number of carbonyl (C=O) groups excluding carboxylic acids is 1. The second-order valence-corrected chi connectivity index (χ2v) is 7.40. The van der Waals surface area contributed by atoms with Crippen LogP contribution in [-0.2, 0) is 0 Å². The molecule has 3 aromatic rings. The van der Waals surface area contributed by atoms with Crippen molar-refractivity contribution in [3.63, 3.8) is 0 Å². The molecule has 1 aliphatic rings. The normalized spacial score (nSPS) is 14.9. The fourth-order valence-electron chi connectivity index (χ4n) is 3.91. The lowest BCUT2D eigenvalue weighted by Gasteiger charge is -2.39. The van der Waals surface area contributed by atoms with Crippen molar-refractivity contribution in [3.8, 4) is 0 Å². The molecule has 4 rings (SSSR count). The molecular formula is C24H24FN3O. The first-order valence-corrected chi connectivity index (χ1v) is 9.89. The number of hydrogen-bond acceptors (Lipinski definition) is 3. The van der Waals surface area contributed by atoms with E-state index in [1.807, 2.05) is 12.1 Å². The number of amides is 1. The van der Waals surface area contributed by atoms with E-state index in [2.05, 4.69) is 58.4 Å². The Kier molecular flexibility index (Phi) is 5.67. The first kappa shape index (κ1) is 19.3. The van der Waals surface area contributed by atoms with Crippen LogP contribution in [0.5, 0.6) is 0 Å². The molecule has 1 saturated heterocycles. The number of pyridine rings is 1. The summed E-state index contributed by atoms with van der Waals surface area (Å²) in [5.41, 5.74) is 3.07. The molecular weight excluding hydrogens is 365 g/mol. The van der Waals surface area contributed by atoms with E-state index >= 15 is 0 Å². The number of aromatic nitrogens is 1. The van der Waals surface area contributed by atoms with Gasteiger partial charge in [0.25, 0.3) is 5.91 Å². The average molecular weight is 389 g/mol. The van der Waals surface area contributed by atoms with E-state index in [0.717, 1.165) is 0 Å². The van der Waals surface area contributed by atoms with Crippen LogP contribution in [0.4, 0.5) is 4.39 Å². The van der Waals surface area contributed by atoms with Crippen molar-refractivity contribution in [1.29, 1.82) is 0 Å². The summed E-state index contributed by atoms with van der Waals surface area (Å²) in [5.74, 6) is -0.887. The van der Waals surface area contributed by atoms with E-state index in [1.165, 1.54) is 23.4 Å². The smallest absolute Gasteiger partial charge is 0.275 e. The van der Waals surface area contributed by atoms with Gasteiger partial charge in [-0.3, -0.25) is 9.69 Å². The maximum atomic E-state index is 14.2. The molecule has 0 saturated carbocycles. The Morgan fingerprint density at radius 2 is 1.48 bits per heavy atom. The lowest BCUT2D eigenvalue weighted by atomic mass is 9.96. The van der Waals surface area contributed by atoms with E-state index < -0.39 is 5.82 Å². The number of benzene rings is 2. The van der Waals surface area contributed by atoms with Gasteiger partial charge < -0.3 is 4.90 Å². The zero-order chi connectivity index (χ0) is 20.2. The minimum absolute atomic E-state index is 0.0910. The molecule has 2 aromatic carbocycles. The molecule has 0 aliphatic carbocycles. The fraction of sp³-hybridized carbons (Fsp3) is 0.250. The molecule has 0 bridgehead atoms. The number of carbonyl (C=O) groups is 1. The van der Waals surface area contributed by atoms with Crippen LogP contribution in [0.3, 0.4) is 0 Å². The Bertz CT molecular complexity index is 930. The Balaban J connectivity index is 1.52. The van der Waals surface area contributed by atoms with Crippen molar-refractivity contribution in [2.45, 2.75) is 13.0 Å². The van der Waals surface area contributed by atoms with Crippen molar-refractivity contribution < 1.29 is 9.18 Å². The van der Waals surface area contributed by atoms with Gasteiger partial charge in [0.2, 0.25) is 0 Å². The quantitative estimate of drug-likeness (QED) is 0.675. The van der Waals surface area contributed by atoms with Gasteiger partial charge >= 0.3 is 0 Å². The summed E-state index contributed by atoms with van der Waals surface area (Å²) in [4.78, 5) is 20.9. The van der Waals surface area contributed by atoms with Gasteiger partial charge in [0.1, 0.15) is 0 Å². The highest BCUT2D eigenvalue weighted by atomic mass is 19.1. The van der Waals surface area contributed by atoms with Crippen molar-refractivity contribution >= 4 is 5.91 Å². The first-order chi connectivity index (χ1) is 14.1. The molecule has 1 aliphatic heterocycles. The third kappa shape index (κ3) is 4.20. The molecule has 0 unspecified atom stereocenters. The highest BCUT2D eigenvalue weighted by Crippen LogP contribution is 2.29. The van der Waals surface area contributed by atoms with Crippen molar-refractivity contribution in [2.24, 2.45) is 0 Å². The maximum absolute atomic E-state index is 14.2. The molecule has 1 aromatic heterocycles. The van der Waals surface area contributed by atoms with Crippen LogP contribution in [0, 0.1) is 12.7 Å². The topological polar surface area (TPSA) is 36.4 Å². The van der Waals surface area contributed by atoms with Crippen LogP contribution < -0.4 is 0 Å². The molecule has 1 amide bonds. The van der Waals surface area contributed by atoms with Gasteiger partial charge in [-0.2, -0.15) is 0 Å². The monoisotopic (exact) mass is 389 g/mol. The number of nitrogens with zero attached hydrogens (tertiary/aromatic N) is 3. The van der Waals surface area contributed by atoms with E-state index in [0.29, 0.717) is 31.7 Å². The number of piperazine rings is 1. The molecule has 0 N–H and O–H groups in total. The lowest BCUT2D eigenvalue weighted by molar-refractivity contribution is 0.0587. The zero-order valence-electron chi connectivity index (χ0n) is 16.5. The van der Waals surface area contributed by atoms with Gasteiger partial charge in [0.05, 0.1) is 6.04 Å². The molecule has 2 heterocycles. The van der Waals surface area contributed by atoms with Crippen LogP contribution in [0.2, 0.25) is 0 Å². The van der Waals surface area contributed by atoms with Crippen LogP contribution in [0.15, 0.2) is 72.9 Å². The Hall–Kier alpha value is -3.05. The van der Waals surface area contributed by atoms with E-state index in [4.69, 9.17) is 0 Å². The number of hydrogen-bond donors (Lipinski definition) is 0. The third-order valence-corrected chi connectivity index (χ3v) is 5.38. The minimum atomic E-state index is -0.552. The summed E-state index contributed by atoms with van der Waals surface area (Å²) >= 11 is 0. The highest BCUT2D eigenvalue weighted by Gasteiger charge is 2.29. The van der Waals surface area contributed by atoms with Crippen LogP contribution in [0.25, 0.3) is 0 Å². The predicted molar refractivity (Wildman–Crippen MR) is 111 cm³/mol. The van der Waals surface area contributed by atoms with Gasteiger partial charge in [0.15, 0.2) is 11.5 Å². The Morgan fingerprint density at radius 3 is 2.00 bits per heavy atom. The third-order valence-electron chi connectivity index (χ3n) is 5.38. The molecule has 4 nitrogen and oxygen atoms in total. The molecule has 1 fully saturated rings. The Labute approximate surface area is 170 Å². The SMILES string of the molecule is Cc1cnc(C(=O)N2CCN(C(c3ccccc3)c3ccccc3)CC2)c(F)c1. The average Bonchev–Trinajstić information content (AvgIpc) is 2.76. The fourth-order valence-corrected chi connectivity index (χ4v) is 3.91. The second kappa shape index (κ2) is 8.53. The zero-order valence-corrected chi connectivity index (χ0v) is 16.5. The van der Waals surface area contributed by atoms with Crippen LogP contribution >= 0.6 is 0 Å². The van der Waals surface area contributed by atoms with Crippen LogP contribution in [0.1, 0.15) is 33.2 Å². The van der Waals surface area contributed by atoms with Crippen molar-refractivity contribution in [3.05, 3.63) is 101 Å². The van der Waals surface area contributed by atoms with Gasteiger partial charge in [-0.05, 0) is 29.7 Å². The number of halogens is 1. The summed E-state index contributed by atoms with van der Waals surface area (Å²) in [7, 11) is 0. The van der Waals surface area contributed by atoms with Crippen molar-refractivity contribution in [2.75, 3.05) is 26.2 Å². The van der Waals surface area contributed by atoms with Gasteiger partial charge in [-0.25, -0.2) is 9.37 Å². The minimum Gasteiger partial charge on any atom is -0.335 e. The maximum Gasteiger partial charge on any atom is 0.275 e. The van der Waals surface area contributed by atoms with Gasteiger partial charge in [0, 0.05) is 32.4 Å². The summed E-state index contributed by atoms with van der Waals surface area (Å²) < 4.78 is 14.2. The second-order valence-electron chi connectivity index (χ2n) is 7.40. The van der Waals surface area contributed by atoms with Crippen LogP contribution in [-0.4, -0.2) is 46.9 Å².